The molecule has 1 fully saturated rings. The number of benzene rings is 2. The Morgan fingerprint density at radius 2 is 1.89 bits per heavy atom. The van der Waals surface area contributed by atoms with E-state index in [1.807, 2.05) is 24.3 Å². The number of fused-ring (bicyclic) bond motifs is 1. The number of thioether (sulfide) groups is 1. The molecule has 5 nitrogen and oxygen atoms in total. The van der Waals surface area contributed by atoms with E-state index in [0.29, 0.717) is 17.2 Å². The van der Waals surface area contributed by atoms with Crippen LogP contribution in [0.2, 0.25) is 0 Å². The van der Waals surface area contributed by atoms with Crippen LogP contribution in [0.4, 0.5) is 4.39 Å². The Labute approximate surface area is 166 Å². The van der Waals surface area contributed by atoms with Crippen LogP contribution >= 0.6 is 11.8 Å². The number of aromatic nitrogens is 5. The van der Waals surface area contributed by atoms with Crippen LogP contribution in [-0.4, -0.2) is 24.3 Å². The quantitative estimate of drug-likeness (QED) is 0.435. The van der Waals surface area contributed by atoms with Gasteiger partial charge in [-0.3, -0.25) is 4.57 Å². The Hall–Kier alpha value is -2.67. The average molecular weight is 393 g/mol. The maximum Gasteiger partial charge on any atom is 0.196 e. The van der Waals surface area contributed by atoms with E-state index in [0.717, 1.165) is 34.6 Å². The standard InChI is InChI=1S/C21H20FN5S/c1-2-26-17-10-6-9-16(22)19(17)23-18(26)13-28-21-25-24-20(14-11-12-14)27(21)15-7-4-3-5-8-15/h3-10,14H,2,11-13H2,1H3. The zero-order chi connectivity index (χ0) is 19.1. The van der Waals surface area contributed by atoms with Crippen LogP contribution in [0, 0.1) is 5.82 Å². The molecule has 0 N–H and O–H groups in total. The third kappa shape index (κ3) is 2.99. The fraction of sp³-hybridized carbons (Fsp3) is 0.286. The minimum absolute atomic E-state index is 0.278. The number of rotatable bonds is 6. The highest BCUT2D eigenvalue weighted by Gasteiger charge is 2.31. The molecule has 28 heavy (non-hydrogen) atoms. The minimum atomic E-state index is -0.278. The van der Waals surface area contributed by atoms with E-state index >= 15 is 0 Å². The Balaban J connectivity index is 1.50. The van der Waals surface area contributed by atoms with Gasteiger partial charge in [-0.15, -0.1) is 10.2 Å². The third-order valence-electron chi connectivity index (χ3n) is 5.07. The van der Waals surface area contributed by atoms with Crippen LogP contribution in [0.25, 0.3) is 16.7 Å². The van der Waals surface area contributed by atoms with E-state index in [2.05, 4.69) is 43.4 Å². The van der Waals surface area contributed by atoms with Crippen molar-refractivity contribution in [3.63, 3.8) is 0 Å². The number of para-hydroxylation sites is 2. The van der Waals surface area contributed by atoms with Gasteiger partial charge in [0.1, 0.15) is 17.2 Å². The van der Waals surface area contributed by atoms with Gasteiger partial charge in [-0.25, -0.2) is 9.37 Å². The van der Waals surface area contributed by atoms with E-state index in [4.69, 9.17) is 0 Å². The zero-order valence-electron chi connectivity index (χ0n) is 15.5. The summed E-state index contributed by atoms with van der Waals surface area (Å²) in [6, 6.07) is 15.3. The summed E-state index contributed by atoms with van der Waals surface area (Å²) < 4.78 is 18.4. The first-order valence-corrected chi connectivity index (χ1v) is 10.5. The van der Waals surface area contributed by atoms with Gasteiger partial charge in [0, 0.05) is 18.2 Å². The fourth-order valence-electron chi connectivity index (χ4n) is 3.55. The van der Waals surface area contributed by atoms with Crippen LogP contribution in [0.1, 0.15) is 37.3 Å². The topological polar surface area (TPSA) is 48.5 Å². The first kappa shape index (κ1) is 17.4. The summed E-state index contributed by atoms with van der Waals surface area (Å²) in [6.45, 7) is 2.80. The number of aryl methyl sites for hydroxylation is 1. The molecule has 0 unspecified atom stereocenters. The first-order chi connectivity index (χ1) is 13.8. The number of halogens is 1. The second-order valence-electron chi connectivity index (χ2n) is 6.95. The van der Waals surface area contributed by atoms with Crippen molar-refractivity contribution < 1.29 is 4.39 Å². The summed E-state index contributed by atoms with van der Waals surface area (Å²) in [5.41, 5.74) is 2.34. The minimum Gasteiger partial charge on any atom is -0.327 e. The van der Waals surface area contributed by atoms with Crippen LogP contribution in [0.5, 0.6) is 0 Å². The van der Waals surface area contributed by atoms with Gasteiger partial charge < -0.3 is 4.57 Å². The van der Waals surface area contributed by atoms with Crippen molar-refractivity contribution >= 4 is 22.8 Å². The lowest BCUT2D eigenvalue weighted by molar-refractivity contribution is 0.637. The highest BCUT2D eigenvalue weighted by molar-refractivity contribution is 7.98. The maximum atomic E-state index is 14.2. The number of nitrogens with zero attached hydrogens (tertiary/aromatic N) is 5. The molecule has 1 aliphatic rings. The van der Waals surface area contributed by atoms with Crippen LogP contribution in [-0.2, 0) is 12.3 Å². The number of hydrogen-bond donors (Lipinski definition) is 0. The molecule has 0 atom stereocenters. The van der Waals surface area contributed by atoms with Gasteiger partial charge in [0.2, 0.25) is 0 Å². The van der Waals surface area contributed by atoms with Crippen molar-refractivity contribution in [3.05, 3.63) is 66.0 Å². The van der Waals surface area contributed by atoms with Gasteiger partial charge in [-0.05, 0) is 44.0 Å². The highest BCUT2D eigenvalue weighted by Crippen LogP contribution is 2.41. The molecule has 1 saturated carbocycles. The molecular weight excluding hydrogens is 373 g/mol. The van der Waals surface area contributed by atoms with Crippen molar-refractivity contribution in [3.8, 4) is 5.69 Å². The van der Waals surface area contributed by atoms with Gasteiger partial charge in [0.15, 0.2) is 11.0 Å². The monoisotopic (exact) mass is 393 g/mol. The lowest BCUT2D eigenvalue weighted by Crippen LogP contribution is -2.03. The Morgan fingerprint density at radius 3 is 2.64 bits per heavy atom. The summed E-state index contributed by atoms with van der Waals surface area (Å²) in [4.78, 5) is 4.56. The van der Waals surface area contributed by atoms with Crippen molar-refractivity contribution in [1.82, 2.24) is 24.3 Å². The fourth-order valence-corrected chi connectivity index (χ4v) is 4.46. The Bertz CT molecular complexity index is 1130. The van der Waals surface area contributed by atoms with E-state index in [1.54, 1.807) is 17.8 Å². The number of hydrogen-bond acceptors (Lipinski definition) is 4. The predicted molar refractivity (Wildman–Crippen MR) is 108 cm³/mol. The second-order valence-corrected chi connectivity index (χ2v) is 7.90. The molecule has 0 amide bonds. The molecule has 5 rings (SSSR count). The number of imidazole rings is 1. The van der Waals surface area contributed by atoms with Gasteiger partial charge in [0.25, 0.3) is 0 Å². The maximum absolute atomic E-state index is 14.2. The van der Waals surface area contributed by atoms with Crippen molar-refractivity contribution in [2.24, 2.45) is 0 Å². The molecule has 0 radical (unpaired) electrons. The molecule has 1 aliphatic carbocycles. The SMILES string of the molecule is CCn1c(CSc2nnc(C3CC3)n2-c2ccccc2)nc2c(F)cccc21. The van der Waals surface area contributed by atoms with Gasteiger partial charge in [-0.2, -0.15) is 0 Å². The molecule has 2 aromatic carbocycles. The molecule has 0 bridgehead atoms. The molecule has 2 heterocycles. The molecule has 2 aromatic heterocycles. The van der Waals surface area contributed by atoms with Crippen LogP contribution < -0.4 is 0 Å². The van der Waals surface area contributed by atoms with E-state index < -0.39 is 0 Å². The first-order valence-electron chi connectivity index (χ1n) is 9.53. The normalized spacial score (nSPS) is 14.1. The van der Waals surface area contributed by atoms with Crippen molar-refractivity contribution in [2.75, 3.05) is 0 Å². The Morgan fingerprint density at radius 1 is 1.07 bits per heavy atom. The predicted octanol–water partition coefficient (Wildman–Crippen LogP) is 4.95. The smallest absolute Gasteiger partial charge is 0.196 e. The molecule has 4 aromatic rings. The largest absolute Gasteiger partial charge is 0.327 e. The van der Waals surface area contributed by atoms with Gasteiger partial charge in [-0.1, -0.05) is 36.0 Å². The van der Waals surface area contributed by atoms with Crippen LogP contribution in [0.3, 0.4) is 0 Å². The molecule has 7 heteroatoms. The van der Waals surface area contributed by atoms with E-state index in [-0.39, 0.29) is 5.82 Å². The lowest BCUT2D eigenvalue weighted by atomic mass is 10.3. The summed E-state index contributed by atoms with van der Waals surface area (Å²) >= 11 is 1.60. The van der Waals surface area contributed by atoms with Crippen molar-refractivity contribution in [1.29, 1.82) is 0 Å². The summed E-state index contributed by atoms with van der Waals surface area (Å²) in [7, 11) is 0. The highest BCUT2D eigenvalue weighted by atomic mass is 32.2. The van der Waals surface area contributed by atoms with Crippen LogP contribution in [0.15, 0.2) is 53.7 Å². The molecule has 142 valence electrons. The molecule has 0 saturated heterocycles. The van der Waals surface area contributed by atoms with Crippen molar-refractivity contribution in [2.45, 2.75) is 43.1 Å². The summed E-state index contributed by atoms with van der Waals surface area (Å²) in [5.74, 6) is 2.71. The second kappa shape index (κ2) is 7.05. The van der Waals surface area contributed by atoms with Gasteiger partial charge in [0.05, 0.1) is 11.3 Å². The van der Waals surface area contributed by atoms with E-state index in [9.17, 15) is 4.39 Å². The average Bonchev–Trinajstić information content (AvgIpc) is 3.37. The summed E-state index contributed by atoms with van der Waals surface area (Å²) in [5, 5.41) is 9.78. The molecule has 0 spiro atoms. The van der Waals surface area contributed by atoms with Gasteiger partial charge >= 0.3 is 0 Å². The lowest BCUT2D eigenvalue weighted by Gasteiger charge is -2.10. The Kier molecular flexibility index (Phi) is 4.39. The molecular formula is C21H20FN5S. The molecule has 0 aliphatic heterocycles. The summed E-state index contributed by atoms with van der Waals surface area (Å²) in [6.07, 6.45) is 2.33. The third-order valence-corrected chi connectivity index (χ3v) is 6.00. The van der Waals surface area contributed by atoms with E-state index in [1.165, 1.54) is 18.9 Å². The zero-order valence-corrected chi connectivity index (χ0v) is 16.4.